The Morgan fingerprint density at radius 2 is 2.15 bits per heavy atom. The third-order valence-corrected chi connectivity index (χ3v) is 4.10. The van der Waals surface area contributed by atoms with Gasteiger partial charge in [-0.25, -0.2) is 0 Å². The summed E-state index contributed by atoms with van der Waals surface area (Å²) >= 11 is 0. The highest BCUT2D eigenvalue weighted by Gasteiger charge is 2.41. The molecule has 2 aromatic heterocycles. The molecule has 0 amide bonds. The fourth-order valence-electron chi connectivity index (χ4n) is 2.92. The van der Waals surface area contributed by atoms with E-state index >= 15 is 0 Å². The molecule has 0 saturated heterocycles. The van der Waals surface area contributed by atoms with Crippen LogP contribution >= 0.6 is 0 Å². The van der Waals surface area contributed by atoms with Crippen LogP contribution in [0.3, 0.4) is 0 Å². The Morgan fingerprint density at radius 1 is 1.40 bits per heavy atom. The lowest BCUT2D eigenvalue weighted by Crippen LogP contribution is -2.16. The average Bonchev–Trinajstić information content (AvgIpc) is 3.06. The molecule has 0 N–H and O–H groups in total. The summed E-state index contributed by atoms with van der Waals surface area (Å²) in [5.74, 6) is 1.62. The lowest BCUT2D eigenvalue weighted by molar-refractivity contribution is -0.139. The van der Waals surface area contributed by atoms with Crippen molar-refractivity contribution in [3.63, 3.8) is 0 Å². The Bertz CT molecular complexity index is 628. The van der Waals surface area contributed by atoms with Crippen molar-refractivity contribution in [3.8, 4) is 0 Å². The van der Waals surface area contributed by atoms with E-state index in [2.05, 4.69) is 18.8 Å². The summed E-state index contributed by atoms with van der Waals surface area (Å²) in [6.45, 7) is 3.41. The monoisotopic (exact) mass is 282 g/mol. The second kappa shape index (κ2) is 4.50. The van der Waals surface area contributed by atoms with Gasteiger partial charge in [0.1, 0.15) is 6.54 Å². The summed E-state index contributed by atoms with van der Waals surface area (Å²) in [6, 6.07) is 3.51. The molecular weight excluding hydrogens is 265 g/mol. The normalized spacial score (nSPS) is 22.7. The lowest BCUT2D eigenvalue weighted by Gasteiger charge is -2.10. The van der Waals surface area contributed by atoms with E-state index in [-0.39, 0.29) is 0 Å². The van der Waals surface area contributed by atoms with Crippen LogP contribution in [0.15, 0.2) is 24.5 Å². The highest BCUT2D eigenvalue weighted by molar-refractivity contribution is 5.79. The molecule has 108 valence electrons. The maximum absolute atomic E-state index is 12.5. The van der Waals surface area contributed by atoms with Gasteiger partial charge < -0.3 is 4.57 Å². The minimum Gasteiger partial charge on any atom is -0.338 e. The Balaban J connectivity index is 1.92. The second-order valence-electron chi connectivity index (χ2n) is 5.98. The SMILES string of the molecule is CC(C)[C@H]1C[C@@H]1c1cc2c(ccn2CC(F)(F)F)cn1. The van der Waals surface area contributed by atoms with E-state index in [4.69, 9.17) is 0 Å². The molecule has 2 nitrogen and oxygen atoms in total. The molecule has 1 aliphatic carbocycles. The van der Waals surface area contributed by atoms with Crippen LogP contribution in [-0.2, 0) is 6.54 Å². The standard InChI is InChI=1S/C15H17F3N2/c1-9(2)11-5-12(11)13-6-14-10(7-19-13)3-4-20(14)8-15(16,17)18/h3-4,6-7,9,11-12H,5,8H2,1-2H3/t11-,12+/m1/s1. The van der Waals surface area contributed by atoms with Crippen molar-refractivity contribution in [3.05, 3.63) is 30.2 Å². The highest BCUT2D eigenvalue weighted by Crippen LogP contribution is 2.51. The molecule has 20 heavy (non-hydrogen) atoms. The summed E-state index contributed by atoms with van der Waals surface area (Å²) in [6.07, 6.45) is 0.0648. The Morgan fingerprint density at radius 3 is 2.75 bits per heavy atom. The fourth-order valence-corrected chi connectivity index (χ4v) is 2.92. The number of rotatable bonds is 3. The quantitative estimate of drug-likeness (QED) is 0.818. The van der Waals surface area contributed by atoms with E-state index < -0.39 is 12.7 Å². The van der Waals surface area contributed by atoms with Crippen molar-refractivity contribution < 1.29 is 13.2 Å². The Hall–Kier alpha value is -1.52. The number of alkyl halides is 3. The number of hydrogen-bond acceptors (Lipinski definition) is 1. The molecule has 5 heteroatoms. The van der Waals surface area contributed by atoms with Gasteiger partial charge in [0.25, 0.3) is 0 Å². The van der Waals surface area contributed by atoms with E-state index in [1.807, 2.05) is 6.07 Å². The first-order valence-electron chi connectivity index (χ1n) is 6.86. The van der Waals surface area contributed by atoms with Gasteiger partial charge >= 0.3 is 6.18 Å². The third-order valence-electron chi connectivity index (χ3n) is 4.10. The van der Waals surface area contributed by atoms with E-state index in [1.54, 1.807) is 12.3 Å². The van der Waals surface area contributed by atoms with Crippen molar-refractivity contribution in [1.29, 1.82) is 0 Å². The molecule has 0 unspecified atom stereocenters. The molecule has 1 saturated carbocycles. The van der Waals surface area contributed by atoms with Crippen LogP contribution in [0.1, 0.15) is 31.9 Å². The number of halogens is 3. The van der Waals surface area contributed by atoms with Crippen LogP contribution in [0.5, 0.6) is 0 Å². The maximum atomic E-state index is 12.5. The zero-order chi connectivity index (χ0) is 14.5. The summed E-state index contributed by atoms with van der Waals surface area (Å²) in [7, 11) is 0. The van der Waals surface area contributed by atoms with Gasteiger partial charge in [-0.3, -0.25) is 4.98 Å². The van der Waals surface area contributed by atoms with Crippen molar-refractivity contribution in [1.82, 2.24) is 9.55 Å². The van der Waals surface area contributed by atoms with Crippen molar-refractivity contribution in [2.75, 3.05) is 0 Å². The van der Waals surface area contributed by atoms with Gasteiger partial charge in [-0.05, 0) is 30.4 Å². The van der Waals surface area contributed by atoms with E-state index in [0.29, 0.717) is 23.3 Å². The molecular formula is C15H17F3N2. The topological polar surface area (TPSA) is 17.8 Å². The molecule has 2 heterocycles. The van der Waals surface area contributed by atoms with Crippen molar-refractivity contribution in [2.24, 2.45) is 11.8 Å². The van der Waals surface area contributed by atoms with Crippen LogP contribution < -0.4 is 0 Å². The molecule has 3 rings (SSSR count). The second-order valence-corrected chi connectivity index (χ2v) is 5.98. The predicted octanol–water partition coefficient (Wildman–Crippen LogP) is 4.36. The molecule has 1 aliphatic rings. The average molecular weight is 282 g/mol. The number of aromatic nitrogens is 2. The summed E-state index contributed by atoms with van der Waals surface area (Å²) in [5, 5.41) is 0.764. The lowest BCUT2D eigenvalue weighted by atomic mass is 10.1. The van der Waals surface area contributed by atoms with Gasteiger partial charge in [-0.1, -0.05) is 13.8 Å². The number of nitrogens with zero attached hydrogens (tertiary/aromatic N) is 2. The zero-order valence-electron chi connectivity index (χ0n) is 11.5. The van der Waals surface area contributed by atoms with Gasteiger partial charge in [0.15, 0.2) is 0 Å². The highest BCUT2D eigenvalue weighted by atomic mass is 19.4. The largest absolute Gasteiger partial charge is 0.406 e. The molecule has 0 aliphatic heterocycles. The summed E-state index contributed by atoms with van der Waals surface area (Å²) in [4.78, 5) is 4.42. The molecule has 0 bridgehead atoms. The van der Waals surface area contributed by atoms with Crippen LogP contribution in [0, 0.1) is 11.8 Å². The van der Waals surface area contributed by atoms with Crippen LogP contribution in [0.4, 0.5) is 13.2 Å². The Kier molecular flexibility index (Phi) is 3.03. The van der Waals surface area contributed by atoms with Gasteiger partial charge in [0, 0.05) is 29.4 Å². The zero-order valence-corrected chi connectivity index (χ0v) is 11.5. The van der Waals surface area contributed by atoms with Crippen LogP contribution in [-0.4, -0.2) is 15.7 Å². The predicted molar refractivity (Wildman–Crippen MR) is 71.5 cm³/mol. The summed E-state index contributed by atoms with van der Waals surface area (Å²) in [5.41, 5.74) is 1.56. The number of pyridine rings is 1. The van der Waals surface area contributed by atoms with E-state index in [0.717, 1.165) is 17.5 Å². The molecule has 1 fully saturated rings. The van der Waals surface area contributed by atoms with Crippen LogP contribution in [0.25, 0.3) is 10.9 Å². The number of hydrogen-bond donors (Lipinski definition) is 0. The maximum Gasteiger partial charge on any atom is 0.406 e. The Labute approximate surface area is 115 Å². The van der Waals surface area contributed by atoms with Crippen molar-refractivity contribution in [2.45, 2.75) is 38.9 Å². The van der Waals surface area contributed by atoms with Gasteiger partial charge in [0.05, 0.1) is 5.52 Å². The van der Waals surface area contributed by atoms with E-state index in [9.17, 15) is 13.2 Å². The smallest absolute Gasteiger partial charge is 0.338 e. The molecule has 0 radical (unpaired) electrons. The number of fused-ring (bicyclic) bond motifs is 1. The minimum atomic E-state index is -4.20. The molecule has 2 aromatic rings. The van der Waals surface area contributed by atoms with E-state index in [1.165, 1.54) is 10.8 Å². The first kappa shape index (κ1) is 13.5. The first-order valence-corrected chi connectivity index (χ1v) is 6.86. The first-order chi connectivity index (χ1) is 9.35. The fraction of sp³-hybridized carbons (Fsp3) is 0.533. The molecule has 0 spiro atoms. The summed E-state index contributed by atoms with van der Waals surface area (Å²) < 4.78 is 38.9. The van der Waals surface area contributed by atoms with Gasteiger partial charge in [0.2, 0.25) is 0 Å². The van der Waals surface area contributed by atoms with Crippen molar-refractivity contribution >= 4 is 10.9 Å². The third kappa shape index (κ3) is 2.53. The molecule has 0 aromatic carbocycles. The van der Waals surface area contributed by atoms with Crippen LogP contribution in [0.2, 0.25) is 0 Å². The molecule has 2 atom stereocenters. The minimum absolute atomic E-state index is 0.411. The van der Waals surface area contributed by atoms with Gasteiger partial charge in [-0.15, -0.1) is 0 Å². The van der Waals surface area contributed by atoms with Gasteiger partial charge in [-0.2, -0.15) is 13.2 Å².